The fourth-order valence-corrected chi connectivity index (χ4v) is 1.41. The second-order valence-corrected chi connectivity index (χ2v) is 3.85. The van der Waals surface area contributed by atoms with Crippen molar-refractivity contribution in [2.24, 2.45) is 5.73 Å². The highest BCUT2D eigenvalue weighted by molar-refractivity contribution is 5.89. The molecule has 92 valence electrons. The summed E-state index contributed by atoms with van der Waals surface area (Å²) in [7, 11) is 3.29. The molecule has 1 aromatic carbocycles. The Labute approximate surface area is 101 Å². The van der Waals surface area contributed by atoms with Gasteiger partial charge in [-0.3, -0.25) is 9.59 Å². The van der Waals surface area contributed by atoms with Crippen LogP contribution in [0.2, 0.25) is 0 Å². The quantitative estimate of drug-likeness (QED) is 0.764. The van der Waals surface area contributed by atoms with E-state index >= 15 is 0 Å². The van der Waals surface area contributed by atoms with Gasteiger partial charge < -0.3 is 16.0 Å². The molecular weight excluding hydrogens is 218 g/mol. The van der Waals surface area contributed by atoms with Crippen LogP contribution >= 0.6 is 0 Å². The third-order valence-electron chi connectivity index (χ3n) is 2.31. The molecule has 0 saturated carbocycles. The topological polar surface area (TPSA) is 75.4 Å². The van der Waals surface area contributed by atoms with Crippen LogP contribution in [0.15, 0.2) is 30.3 Å². The Bertz CT molecular complexity index is 390. The summed E-state index contributed by atoms with van der Waals surface area (Å²) in [5.41, 5.74) is 5.98. The molecule has 0 spiro atoms. The molecule has 0 aliphatic heterocycles. The lowest BCUT2D eigenvalue weighted by Crippen LogP contribution is -2.42. The molecule has 0 saturated heterocycles. The van der Waals surface area contributed by atoms with E-state index in [1.165, 1.54) is 4.90 Å². The van der Waals surface area contributed by atoms with Crippen molar-refractivity contribution in [1.82, 2.24) is 10.2 Å². The molecule has 0 fully saturated rings. The Balaban J connectivity index is 2.94. The zero-order valence-corrected chi connectivity index (χ0v) is 10.0. The SMILES string of the molecule is CN(C)C(=O)[C@@H](NC(=O)CN)c1ccccc1. The first-order valence-corrected chi connectivity index (χ1v) is 5.31. The summed E-state index contributed by atoms with van der Waals surface area (Å²) in [6, 6.07) is 8.40. The Kier molecular flexibility index (Phi) is 4.66. The molecule has 0 aliphatic carbocycles. The van der Waals surface area contributed by atoms with Gasteiger partial charge in [0.25, 0.3) is 0 Å². The molecule has 17 heavy (non-hydrogen) atoms. The van der Waals surface area contributed by atoms with Crippen LogP contribution in [-0.2, 0) is 9.59 Å². The van der Waals surface area contributed by atoms with Crippen molar-refractivity contribution in [2.45, 2.75) is 6.04 Å². The largest absolute Gasteiger partial charge is 0.347 e. The number of carbonyl (C=O) groups is 2. The van der Waals surface area contributed by atoms with Crippen molar-refractivity contribution in [3.8, 4) is 0 Å². The summed E-state index contributed by atoms with van der Waals surface area (Å²) in [6.45, 7) is -0.135. The van der Waals surface area contributed by atoms with Gasteiger partial charge in [-0.25, -0.2) is 0 Å². The maximum absolute atomic E-state index is 12.0. The number of nitrogens with zero attached hydrogens (tertiary/aromatic N) is 1. The molecule has 1 aromatic rings. The average molecular weight is 235 g/mol. The lowest BCUT2D eigenvalue weighted by atomic mass is 10.1. The fourth-order valence-electron chi connectivity index (χ4n) is 1.41. The summed E-state index contributed by atoms with van der Waals surface area (Å²) in [5.74, 6) is -0.535. The zero-order chi connectivity index (χ0) is 12.8. The molecule has 0 radical (unpaired) electrons. The fraction of sp³-hybridized carbons (Fsp3) is 0.333. The first-order chi connectivity index (χ1) is 8.06. The number of benzene rings is 1. The standard InChI is InChI=1S/C12H17N3O2/c1-15(2)12(17)11(14-10(16)8-13)9-6-4-3-5-7-9/h3-7,11H,8,13H2,1-2H3,(H,14,16)/t11-/m0/s1. The van der Waals surface area contributed by atoms with Gasteiger partial charge in [0.2, 0.25) is 11.8 Å². The van der Waals surface area contributed by atoms with Crippen LogP contribution in [0.1, 0.15) is 11.6 Å². The van der Waals surface area contributed by atoms with Crippen molar-refractivity contribution in [2.75, 3.05) is 20.6 Å². The minimum atomic E-state index is -0.678. The smallest absolute Gasteiger partial charge is 0.249 e. The summed E-state index contributed by atoms with van der Waals surface area (Å²) < 4.78 is 0. The molecule has 0 aliphatic rings. The molecule has 1 atom stereocenters. The van der Waals surface area contributed by atoms with E-state index in [-0.39, 0.29) is 18.4 Å². The van der Waals surface area contributed by atoms with Gasteiger partial charge in [-0.15, -0.1) is 0 Å². The predicted molar refractivity (Wildman–Crippen MR) is 65.1 cm³/mol. The van der Waals surface area contributed by atoms with Crippen LogP contribution in [0.3, 0.4) is 0 Å². The van der Waals surface area contributed by atoms with Gasteiger partial charge in [0, 0.05) is 14.1 Å². The number of likely N-dealkylation sites (N-methyl/N-ethyl adjacent to an activating group) is 1. The van der Waals surface area contributed by atoms with Gasteiger partial charge in [-0.05, 0) is 5.56 Å². The van der Waals surface area contributed by atoms with Crippen molar-refractivity contribution < 1.29 is 9.59 Å². The van der Waals surface area contributed by atoms with E-state index in [2.05, 4.69) is 5.32 Å². The van der Waals surface area contributed by atoms with Crippen molar-refractivity contribution in [3.63, 3.8) is 0 Å². The molecule has 0 heterocycles. The van der Waals surface area contributed by atoms with Gasteiger partial charge in [-0.1, -0.05) is 30.3 Å². The van der Waals surface area contributed by atoms with Gasteiger partial charge in [-0.2, -0.15) is 0 Å². The van der Waals surface area contributed by atoms with Crippen molar-refractivity contribution in [1.29, 1.82) is 0 Å². The van der Waals surface area contributed by atoms with Crippen LogP contribution < -0.4 is 11.1 Å². The van der Waals surface area contributed by atoms with E-state index in [1.54, 1.807) is 26.2 Å². The van der Waals surface area contributed by atoms with E-state index < -0.39 is 6.04 Å². The van der Waals surface area contributed by atoms with E-state index in [4.69, 9.17) is 5.73 Å². The molecule has 5 nitrogen and oxygen atoms in total. The molecule has 5 heteroatoms. The summed E-state index contributed by atoms with van der Waals surface area (Å²) in [4.78, 5) is 24.7. The maximum atomic E-state index is 12.0. The third kappa shape index (κ3) is 3.57. The van der Waals surface area contributed by atoms with Crippen LogP contribution in [0.5, 0.6) is 0 Å². The lowest BCUT2D eigenvalue weighted by molar-refractivity contribution is -0.134. The first-order valence-electron chi connectivity index (χ1n) is 5.31. The molecule has 2 amide bonds. The predicted octanol–water partition coefficient (Wildman–Crippen LogP) is -0.109. The highest BCUT2D eigenvalue weighted by Crippen LogP contribution is 2.14. The van der Waals surface area contributed by atoms with Crippen LogP contribution in [0.25, 0.3) is 0 Å². The van der Waals surface area contributed by atoms with E-state index in [0.717, 1.165) is 5.56 Å². The van der Waals surface area contributed by atoms with Crippen molar-refractivity contribution in [3.05, 3.63) is 35.9 Å². The van der Waals surface area contributed by atoms with Crippen LogP contribution in [-0.4, -0.2) is 37.4 Å². The molecule has 0 bridgehead atoms. The zero-order valence-electron chi connectivity index (χ0n) is 10.0. The van der Waals surface area contributed by atoms with E-state index in [1.807, 2.05) is 18.2 Å². The molecular formula is C12H17N3O2. The Morgan fingerprint density at radius 2 is 1.88 bits per heavy atom. The van der Waals surface area contributed by atoms with E-state index in [9.17, 15) is 9.59 Å². The number of nitrogens with two attached hydrogens (primary N) is 1. The second kappa shape index (κ2) is 6.00. The minimum Gasteiger partial charge on any atom is -0.347 e. The molecule has 0 aromatic heterocycles. The first kappa shape index (κ1) is 13.2. The van der Waals surface area contributed by atoms with E-state index in [0.29, 0.717) is 0 Å². The highest BCUT2D eigenvalue weighted by atomic mass is 16.2. The van der Waals surface area contributed by atoms with Gasteiger partial charge in [0.05, 0.1) is 6.54 Å². The summed E-state index contributed by atoms with van der Waals surface area (Å²) in [5, 5.41) is 2.61. The number of carbonyl (C=O) groups excluding carboxylic acids is 2. The summed E-state index contributed by atoms with van der Waals surface area (Å²) in [6.07, 6.45) is 0. The monoisotopic (exact) mass is 235 g/mol. The third-order valence-corrected chi connectivity index (χ3v) is 2.31. The number of nitrogens with one attached hydrogen (secondary N) is 1. The number of hydrogen-bond donors (Lipinski definition) is 2. The molecule has 0 unspecified atom stereocenters. The average Bonchev–Trinajstić information content (AvgIpc) is 2.35. The van der Waals surface area contributed by atoms with Crippen LogP contribution in [0.4, 0.5) is 0 Å². The minimum absolute atomic E-state index is 0.135. The Hall–Kier alpha value is -1.88. The maximum Gasteiger partial charge on any atom is 0.249 e. The molecule has 3 N–H and O–H groups in total. The molecule has 1 rings (SSSR count). The van der Waals surface area contributed by atoms with Gasteiger partial charge in [0.15, 0.2) is 0 Å². The number of hydrogen-bond acceptors (Lipinski definition) is 3. The Morgan fingerprint density at radius 1 is 1.29 bits per heavy atom. The Morgan fingerprint density at radius 3 is 2.35 bits per heavy atom. The van der Waals surface area contributed by atoms with Crippen molar-refractivity contribution >= 4 is 11.8 Å². The van der Waals surface area contributed by atoms with Gasteiger partial charge in [0.1, 0.15) is 6.04 Å². The van der Waals surface area contributed by atoms with Crippen LogP contribution in [0, 0.1) is 0 Å². The number of amides is 2. The van der Waals surface area contributed by atoms with Gasteiger partial charge >= 0.3 is 0 Å². The lowest BCUT2D eigenvalue weighted by Gasteiger charge is -2.21. The summed E-state index contributed by atoms with van der Waals surface area (Å²) >= 11 is 0. The highest BCUT2D eigenvalue weighted by Gasteiger charge is 2.23. The second-order valence-electron chi connectivity index (χ2n) is 3.85. The normalized spacial score (nSPS) is 11.7. The number of rotatable bonds is 4.